The summed E-state index contributed by atoms with van der Waals surface area (Å²) in [5, 5.41) is 7.41. The van der Waals surface area contributed by atoms with E-state index in [0.29, 0.717) is 12.5 Å². The zero-order chi connectivity index (χ0) is 14.7. The highest BCUT2D eigenvalue weighted by atomic mass is 35.5. The standard InChI is InChI=1S/C17H21N3O.2ClH/c1-12(15-10-18-11-15)17(21)20-9-7-14-5-2-4-13-6-3-8-19-16(13)14;;/h2-6,8,12,15,18H,7,9-11H2,1H3,(H,20,21);2*1H. The summed E-state index contributed by atoms with van der Waals surface area (Å²) in [6, 6.07) is 10.2. The van der Waals surface area contributed by atoms with E-state index in [4.69, 9.17) is 0 Å². The number of benzene rings is 1. The van der Waals surface area contributed by atoms with Crippen molar-refractivity contribution in [1.82, 2.24) is 15.6 Å². The maximum atomic E-state index is 12.1. The van der Waals surface area contributed by atoms with Gasteiger partial charge in [-0.25, -0.2) is 0 Å². The highest BCUT2D eigenvalue weighted by Crippen LogP contribution is 2.17. The van der Waals surface area contributed by atoms with Crippen molar-refractivity contribution in [2.24, 2.45) is 11.8 Å². The summed E-state index contributed by atoms with van der Waals surface area (Å²) in [4.78, 5) is 16.5. The summed E-state index contributed by atoms with van der Waals surface area (Å²) in [6.45, 7) is 4.60. The first kappa shape index (κ1) is 19.7. The number of carbonyl (C=O) groups excluding carboxylic acids is 1. The number of pyridine rings is 1. The van der Waals surface area contributed by atoms with E-state index < -0.39 is 0 Å². The fourth-order valence-electron chi connectivity index (χ4n) is 2.73. The molecule has 2 N–H and O–H groups in total. The lowest BCUT2D eigenvalue weighted by Crippen LogP contribution is -2.49. The van der Waals surface area contributed by atoms with Crippen LogP contribution in [0.5, 0.6) is 0 Å². The average Bonchev–Trinajstić information content (AvgIpc) is 2.45. The fraction of sp³-hybridized carbons (Fsp3) is 0.412. The molecule has 2 aromatic rings. The predicted octanol–water partition coefficient (Wildman–Crippen LogP) is 2.59. The first-order valence-corrected chi connectivity index (χ1v) is 7.57. The van der Waals surface area contributed by atoms with E-state index in [-0.39, 0.29) is 36.6 Å². The molecule has 1 aliphatic heterocycles. The minimum absolute atomic E-state index is 0. The van der Waals surface area contributed by atoms with Crippen LogP contribution in [0.4, 0.5) is 0 Å². The van der Waals surface area contributed by atoms with Gasteiger partial charge in [0, 0.05) is 24.0 Å². The highest BCUT2D eigenvalue weighted by Gasteiger charge is 2.28. The number of halogens is 2. The van der Waals surface area contributed by atoms with Gasteiger partial charge in [-0.1, -0.05) is 31.2 Å². The van der Waals surface area contributed by atoms with Crippen LogP contribution >= 0.6 is 24.8 Å². The first-order chi connectivity index (χ1) is 10.3. The molecular weight excluding hydrogens is 333 g/mol. The highest BCUT2D eigenvalue weighted by molar-refractivity contribution is 5.85. The molecule has 1 aromatic carbocycles. The number of fused-ring (bicyclic) bond motifs is 1. The Bertz CT molecular complexity index is 641. The smallest absolute Gasteiger partial charge is 0.223 e. The average molecular weight is 356 g/mol. The molecule has 3 rings (SSSR count). The molecule has 0 aliphatic carbocycles. The van der Waals surface area contributed by atoms with Gasteiger partial charge in [-0.15, -0.1) is 24.8 Å². The molecule has 2 heterocycles. The number of nitrogens with one attached hydrogen (secondary N) is 2. The lowest BCUT2D eigenvalue weighted by Gasteiger charge is -2.31. The molecule has 1 amide bonds. The zero-order valence-electron chi connectivity index (χ0n) is 13.1. The number of amides is 1. The summed E-state index contributed by atoms with van der Waals surface area (Å²) in [5.74, 6) is 0.746. The van der Waals surface area contributed by atoms with Crippen molar-refractivity contribution < 1.29 is 4.79 Å². The number of hydrogen-bond acceptors (Lipinski definition) is 3. The number of nitrogens with zero attached hydrogens (tertiary/aromatic N) is 1. The molecular formula is C17H23Cl2N3O. The molecule has 1 aliphatic rings. The molecule has 1 aromatic heterocycles. The number of para-hydroxylation sites is 1. The number of carbonyl (C=O) groups is 1. The van der Waals surface area contributed by atoms with Crippen molar-refractivity contribution >= 4 is 41.6 Å². The zero-order valence-corrected chi connectivity index (χ0v) is 14.8. The molecule has 1 fully saturated rings. The van der Waals surface area contributed by atoms with Gasteiger partial charge in [-0.2, -0.15) is 0 Å². The Balaban J connectivity index is 0.00000132. The second-order valence-electron chi connectivity index (χ2n) is 5.74. The Kier molecular flexibility index (Phi) is 7.76. The second-order valence-corrected chi connectivity index (χ2v) is 5.74. The molecule has 1 saturated heterocycles. The summed E-state index contributed by atoms with van der Waals surface area (Å²) < 4.78 is 0. The number of aromatic nitrogens is 1. The van der Waals surface area contributed by atoms with Crippen molar-refractivity contribution in [3.8, 4) is 0 Å². The first-order valence-electron chi connectivity index (χ1n) is 7.57. The van der Waals surface area contributed by atoms with Crippen molar-refractivity contribution in [1.29, 1.82) is 0 Å². The largest absolute Gasteiger partial charge is 0.356 e. The van der Waals surface area contributed by atoms with E-state index in [0.717, 1.165) is 30.4 Å². The van der Waals surface area contributed by atoms with E-state index in [1.54, 1.807) is 0 Å². The minimum atomic E-state index is 0. The van der Waals surface area contributed by atoms with Crippen molar-refractivity contribution in [2.75, 3.05) is 19.6 Å². The van der Waals surface area contributed by atoms with E-state index in [2.05, 4.69) is 33.8 Å². The fourth-order valence-corrected chi connectivity index (χ4v) is 2.73. The summed E-state index contributed by atoms with van der Waals surface area (Å²) in [5.41, 5.74) is 2.22. The lowest BCUT2D eigenvalue weighted by molar-refractivity contribution is -0.126. The molecule has 0 radical (unpaired) electrons. The van der Waals surface area contributed by atoms with E-state index >= 15 is 0 Å². The molecule has 126 valence electrons. The van der Waals surface area contributed by atoms with Crippen LogP contribution < -0.4 is 10.6 Å². The molecule has 23 heavy (non-hydrogen) atoms. The quantitative estimate of drug-likeness (QED) is 0.866. The van der Waals surface area contributed by atoms with Crippen molar-refractivity contribution in [3.05, 3.63) is 42.1 Å². The molecule has 4 nitrogen and oxygen atoms in total. The second kappa shape index (κ2) is 9.06. The number of rotatable bonds is 5. The van der Waals surface area contributed by atoms with Crippen LogP contribution in [-0.2, 0) is 11.2 Å². The van der Waals surface area contributed by atoms with Crippen LogP contribution in [0.25, 0.3) is 10.9 Å². The summed E-state index contributed by atoms with van der Waals surface area (Å²) in [6.07, 6.45) is 2.63. The Morgan fingerprint density at radius 3 is 2.74 bits per heavy atom. The maximum absolute atomic E-state index is 12.1. The van der Waals surface area contributed by atoms with Crippen LogP contribution in [0.15, 0.2) is 36.5 Å². The Labute approximate surface area is 149 Å². The van der Waals surface area contributed by atoms with Crippen LogP contribution in [0, 0.1) is 11.8 Å². The summed E-state index contributed by atoms with van der Waals surface area (Å²) in [7, 11) is 0. The Morgan fingerprint density at radius 1 is 1.30 bits per heavy atom. The molecule has 0 spiro atoms. The lowest BCUT2D eigenvalue weighted by atomic mass is 9.88. The van der Waals surface area contributed by atoms with Crippen LogP contribution in [-0.4, -0.2) is 30.5 Å². The van der Waals surface area contributed by atoms with Gasteiger partial charge in [0.2, 0.25) is 5.91 Å². The van der Waals surface area contributed by atoms with Crippen LogP contribution in [0.3, 0.4) is 0 Å². The van der Waals surface area contributed by atoms with Gasteiger partial charge >= 0.3 is 0 Å². The van der Waals surface area contributed by atoms with Gasteiger partial charge in [-0.05, 0) is 37.1 Å². The van der Waals surface area contributed by atoms with Crippen LogP contribution in [0.1, 0.15) is 12.5 Å². The van der Waals surface area contributed by atoms with Crippen molar-refractivity contribution in [3.63, 3.8) is 0 Å². The molecule has 0 saturated carbocycles. The third kappa shape index (κ3) is 4.56. The Hall–Kier alpha value is -1.36. The normalized spacial score (nSPS) is 15.0. The maximum Gasteiger partial charge on any atom is 0.223 e. The molecule has 1 unspecified atom stereocenters. The minimum Gasteiger partial charge on any atom is -0.356 e. The van der Waals surface area contributed by atoms with E-state index in [1.807, 2.05) is 25.3 Å². The van der Waals surface area contributed by atoms with Gasteiger partial charge < -0.3 is 10.6 Å². The molecule has 6 heteroatoms. The third-order valence-electron chi connectivity index (χ3n) is 4.34. The van der Waals surface area contributed by atoms with Crippen LogP contribution in [0.2, 0.25) is 0 Å². The summed E-state index contributed by atoms with van der Waals surface area (Å²) >= 11 is 0. The van der Waals surface area contributed by atoms with Crippen molar-refractivity contribution in [2.45, 2.75) is 13.3 Å². The number of hydrogen-bond donors (Lipinski definition) is 2. The van der Waals surface area contributed by atoms with Gasteiger partial charge in [0.1, 0.15) is 0 Å². The van der Waals surface area contributed by atoms with E-state index in [9.17, 15) is 4.79 Å². The monoisotopic (exact) mass is 355 g/mol. The predicted molar refractivity (Wildman–Crippen MR) is 98.5 cm³/mol. The van der Waals surface area contributed by atoms with Gasteiger partial charge in [0.05, 0.1) is 5.52 Å². The molecule has 0 bridgehead atoms. The molecule has 1 atom stereocenters. The van der Waals surface area contributed by atoms with Gasteiger partial charge in [0.15, 0.2) is 0 Å². The SMILES string of the molecule is CC(C(=O)NCCc1cccc2cccnc12)C1CNC1.Cl.Cl. The van der Waals surface area contributed by atoms with E-state index in [1.165, 1.54) is 5.56 Å². The third-order valence-corrected chi connectivity index (χ3v) is 4.34. The Morgan fingerprint density at radius 2 is 2.04 bits per heavy atom. The van der Waals surface area contributed by atoms with Gasteiger partial charge in [-0.3, -0.25) is 9.78 Å². The van der Waals surface area contributed by atoms with Gasteiger partial charge in [0.25, 0.3) is 0 Å². The topological polar surface area (TPSA) is 54.0 Å².